The van der Waals surface area contributed by atoms with E-state index in [-0.39, 0.29) is 18.2 Å². The highest BCUT2D eigenvalue weighted by atomic mass is 35.5. The smallest absolute Gasteiger partial charge is 0.352 e. The highest BCUT2D eigenvalue weighted by molar-refractivity contribution is 6.30. The summed E-state index contributed by atoms with van der Waals surface area (Å²) >= 11 is 6.18. The van der Waals surface area contributed by atoms with Gasteiger partial charge in [0.1, 0.15) is 0 Å². The van der Waals surface area contributed by atoms with E-state index in [0.717, 1.165) is 44.8 Å². The average Bonchev–Trinajstić information content (AvgIpc) is 3.14. The van der Waals surface area contributed by atoms with Crippen LogP contribution in [-0.2, 0) is 22.5 Å². The van der Waals surface area contributed by atoms with Gasteiger partial charge < -0.3 is 4.74 Å². The first-order chi connectivity index (χ1) is 16.4. The van der Waals surface area contributed by atoms with Gasteiger partial charge in [0.05, 0.1) is 19.8 Å². The Balaban J connectivity index is 1.60. The lowest BCUT2D eigenvalue weighted by atomic mass is 10.1. The van der Waals surface area contributed by atoms with Crippen molar-refractivity contribution in [2.45, 2.75) is 33.2 Å². The van der Waals surface area contributed by atoms with Crippen LogP contribution in [-0.4, -0.2) is 62.9 Å². The topological polar surface area (TPSA) is 82.2 Å². The Morgan fingerprint density at radius 1 is 1.18 bits per heavy atom. The zero-order chi connectivity index (χ0) is 24.1. The van der Waals surface area contributed by atoms with Crippen LogP contribution in [0, 0.1) is 5.92 Å². The molecular formula is C25H30ClN5O3. The van der Waals surface area contributed by atoms with E-state index in [4.69, 9.17) is 16.3 Å². The van der Waals surface area contributed by atoms with Crippen molar-refractivity contribution in [2.75, 3.05) is 32.8 Å². The lowest BCUT2D eigenvalue weighted by Gasteiger charge is -2.26. The maximum absolute atomic E-state index is 13.3. The average molecular weight is 484 g/mol. The summed E-state index contributed by atoms with van der Waals surface area (Å²) in [7, 11) is 0. The predicted octanol–water partition coefficient (Wildman–Crippen LogP) is 3.24. The van der Waals surface area contributed by atoms with Gasteiger partial charge in [-0.1, -0.05) is 43.6 Å². The molecule has 0 aliphatic carbocycles. The third-order valence-electron chi connectivity index (χ3n) is 5.76. The number of aromatic nitrogens is 4. The number of hydrogen-bond acceptors (Lipinski definition) is 6. The van der Waals surface area contributed by atoms with Crippen LogP contribution in [0.1, 0.15) is 25.8 Å². The molecule has 0 unspecified atom stereocenters. The molecule has 0 N–H and O–H groups in total. The fourth-order valence-corrected chi connectivity index (χ4v) is 4.22. The van der Waals surface area contributed by atoms with Crippen LogP contribution in [0.15, 0.2) is 47.4 Å². The minimum Gasteiger partial charge on any atom is -0.379 e. The largest absolute Gasteiger partial charge is 0.379 e. The SMILES string of the molecule is CC(C)CC(=O)Cn1c(-c2cccc(Cl)c2)nn(-c2ccc(CCN3CCOCC3)cn2)c1=O. The molecule has 2 aromatic heterocycles. The van der Waals surface area contributed by atoms with Gasteiger partial charge in [0.25, 0.3) is 0 Å². The van der Waals surface area contributed by atoms with Crippen molar-refractivity contribution in [1.82, 2.24) is 24.2 Å². The van der Waals surface area contributed by atoms with Gasteiger partial charge >= 0.3 is 5.69 Å². The van der Waals surface area contributed by atoms with Gasteiger partial charge in [-0.2, -0.15) is 4.68 Å². The molecule has 0 radical (unpaired) electrons. The van der Waals surface area contributed by atoms with E-state index in [1.54, 1.807) is 30.5 Å². The van der Waals surface area contributed by atoms with Crippen LogP contribution in [0.25, 0.3) is 17.2 Å². The van der Waals surface area contributed by atoms with Crippen molar-refractivity contribution in [2.24, 2.45) is 5.92 Å². The maximum atomic E-state index is 13.3. The predicted molar refractivity (Wildman–Crippen MR) is 131 cm³/mol. The number of ketones is 1. The normalized spacial score (nSPS) is 14.6. The number of benzene rings is 1. The van der Waals surface area contributed by atoms with Gasteiger partial charge in [0, 0.05) is 42.8 Å². The summed E-state index contributed by atoms with van der Waals surface area (Å²) in [4.78, 5) is 32.7. The Bertz CT molecular complexity index is 1180. The van der Waals surface area contributed by atoms with E-state index in [9.17, 15) is 9.59 Å². The first-order valence-electron chi connectivity index (χ1n) is 11.6. The Hall–Kier alpha value is -2.81. The van der Waals surface area contributed by atoms with Gasteiger partial charge in [0.15, 0.2) is 17.4 Å². The molecule has 34 heavy (non-hydrogen) atoms. The van der Waals surface area contributed by atoms with Crippen LogP contribution in [0.2, 0.25) is 5.02 Å². The molecule has 1 aliphatic rings. The molecule has 8 nitrogen and oxygen atoms in total. The maximum Gasteiger partial charge on any atom is 0.352 e. The molecule has 3 aromatic rings. The summed E-state index contributed by atoms with van der Waals surface area (Å²) in [5.41, 5.74) is 1.35. The molecule has 1 fully saturated rings. The molecule has 1 aromatic carbocycles. The summed E-state index contributed by atoms with van der Waals surface area (Å²) in [5, 5.41) is 5.07. The first kappa shape index (κ1) is 24.3. The number of Topliss-reactive ketones (excluding diaryl/α,β-unsaturated/α-hetero) is 1. The molecule has 0 bridgehead atoms. The standard InChI is InChI=1S/C25H30ClN5O3/c1-18(2)14-22(32)17-30-24(20-4-3-5-21(26)15-20)28-31(25(30)33)23-7-6-19(16-27-23)8-9-29-10-12-34-13-11-29/h3-7,15-16,18H,8-14,17H2,1-2H3. The first-order valence-corrected chi connectivity index (χ1v) is 12.0. The number of carbonyl (C=O) groups excluding carboxylic acids is 1. The summed E-state index contributed by atoms with van der Waals surface area (Å²) in [6.45, 7) is 8.29. The highest BCUT2D eigenvalue weighted by Crippen LogP contribution is 2.21. The minimum atomic E-state index is -0.402. The number of carbonyl (C=O) groups is 1. The number of nitrogens with zero attached hydrogens (tertiary/aromatic N) is 5. The monoisotopic (exact) mass is 483 g/mol. The Morgan fingerprint density at radius 3 is 2.65 bits per heavy atom. The third kappa shape index (κ3) is 6.00. The van der Waals surface area contributed by atoms with E-state index in [1.165, 1.54) is 9.25 Å². The highest BCUT2D eigenvalue weighted by Gasteiger charge is 2.20. The lowest BCUT2D eigenvalue weighted by molar-refractivity contribution is -0.120. The lowest BCUT2D eigenvalue weighted by Crippen LogP contribution is -2.37. The van der Waals surface area contributed by atoms with Gasteiger partial charge in [-0.25, -0.2) is 9.78 Å². The van der Waals surface area contributed by atoms with Crippen molar-refractivity contribution < 1.29 is 9.53 Å². The fourth-order valence-electron chi connectivity index (χ4n) is 4.03. The van der Waals surface area contributed by atoms with Crippen LogP contribution in [0.4, 0.5) is 0 Å². The number of morpholine rings is 1. The summed E-state index contributed by atoms with van der Waals surface area (Å²) < 4.78 is 8.06. The Kier molecular flexibility index (Phi) is 7.92. The van der Waals surface area contributed by atoms with Gasteiger partial charge in [-0.05, 0) is 36.1 Å². The van der Waals surface area contributed by atoms with Gasteiger partial charge in [-0.15, -0.1) is 5.10 Å². The molecule has 3 heterocycles. The van der Waals surface area contributed by atoms with Crippen LogP contribution in [0.3, 0.4) is 0 Å². The quantitative estimate of drug-likeness (QED) is 0.464. The third-order valence-corrected chi connectivity index (χ3v) is 6.00. The van der Waals surface area contributed by atoms with Crippen molar-refractivity contribution in [1.29, 1.82) is 0 Å². The van der Waals surface area contributed by atoms with Crippen LogP contribution >= 0.6 is 11.6 Å². The Labute approximate surface area is 204 Å². The van der Waals surface area contributed by atoms with E-state index >= 15 is 0 Å². The molecule has 4 rings (SSSR count). The number of ether oxygens (including phenoxy) is 1. The van der Waals surface area contributed by atoms with Crippen molar-refractivity contribution in [3.05, 3.63) is 63.7 Å². The molecular weight excluding hydrogens is 454 g/mol. The van der Waals surface area contributed by atoms with E-state index < -0.39 is 5.69 Å². The zero-order valence-corrected chi connectivity index (χ0v) is 20.4. The molecule has 1 saturated heterocycles. The van der Waals surface area contributed by atoms with Crippen molar-refractivity contribution >= 4 is 17.4 Å². The second-order valence-corrected chi connectivity index (χ2v) is 9.42. The number of hydrogen-bond donors (Lipinski definition) is 0. The molecule has 0 amide bonds. The van der Waals surface area contributed by atoms with Crippen molar-refractivity contribution in [3.63, 3.8) is 0 Å². The van der Waals surface area contributed by atoms with Crippen LogP contribution in [0.5, 0.6) is 0 Å². The zero-order valence-electron chi connectivity index (χ0n) is 19.6. The second-order valence-electron chi connectivity index (χ2n) is 8.98. The molecule has 0 saturated carbocycles. The number of halogens is 1. The molecule has 0 atom stereocenters. The van der Waals surface area contributed by atoms with E-state index in [1.807, 2.05) is 26.0 Å². The fraction of sp³-hybridized carbons (Fsp3) is 0.440. The molecule has 0 spiro atoms. The number of pyridine rings is 1. The summed E-state index contributed by atoms with van der Waals surface area (Å²) in [6, 6.07) is 10.9. The summed E-state index contributed by atoms with van der Waals surface area (Å²) in [6.07, 6.45) is 3.04. The van der Waals surface area contributed by atoms with E-state index in [0.29, 0.717) is 28.6 Å². The molecule has 1 aliphatic heterocycles. The summed E-state index contributed by atoms with van der Waals surface area (Å²) in [5.74, 6) is 0.993. The Morgan fingerprint density at radius 2 is 1.97 bits per heavy atom. The minimum absolute atomic E-state index is 0.0219. The van der Waals surface area contributed by atoms with Gasteiger partial charge in [-0.3, -0.25) is 14.3 Å². The number of rotatable bonds is 9. The second kappa shape index (κ2) is 11.1. The van der Waals surface area contributed by atoms with Gasteiger partial charge in [0.2, 0.25) is 0 Å². The van der Waals surface area contributed by atoms with Crippen molar-refractivity contribution in [3.8, 4) is 17.2 Å². The molecule has 180 valence electrons. The van der Waals surface area contributed by atoms with E-state index in [2.05, 4.69) is 15.0 Å². The molecule has 9 heteroatoms. The van der Waals surface area contributed by atoms with Crippen LogP contribution < -0.4 is 5.69 Å².